The van der Waals surface area contributed by atoms with Gasteiger partial charge in [-0.25, -0.2) is 14.4 Å². The third-order valence-electron chi connectivity index (χ3n) is 2.83. The molecule has 112 valence electrons. The van der Waals surface area contributed by atoms with Gasteiger partial charge in [0.2, 0.25) is 0 Å². The van der Waals surface area contributed by atoms with Crippen LogP contribution >= 0.6 is 0 Å². The fraction of sp³-hybridized carbons (Fsp3) is 0.286. The summed E-state index contributed by atoms with van der Waals surface area (Å²) in [4.78, 5) is 8.12. The van der Waals surface area contributed by atoms with Gasteiger partial charge in [-0.15, -0.1) is 0 Å². The topological polar surface area (TPSA) is 85.1 Å². The lowest BCUT2D eigenvalue weighted by Gasteiger charge is -2.12. The summed E-state index contributed by atoms with van der Waals surface area (Å²) in [5.41, 5.74) is 6.65. The second-order valence-corrected chi connectivity index (χ2v) is 4.36. The number of halogens is 1. The van der Waals surface area contributed by atoms with Crippen molar-refractivity contribution in [3.05, 3.63) is 36.4 Å². The minimum Gasteiger partial charge on any atom is -0.393 e. The van der Waals surface area contributed by atoms with E-state index in [1.54, 1.807) is 25.3 Å². The van der Waals surface area contributed by atoms with Crippen molar-refractivity contribution in [3.8, 4) is 0 Å². The molecule has 1 aromatic heterocycles. The first kappa shape index (κ1) is 15.0. The number of nitrogens with zero attached hydrogens (tertiary/aromatic N) is 2. The smallest absolute Gasteiger partial charge is 0.159 e. The van der Waals surface area contributed by atoms with Gasteiger partial charge in [0.05, 0.1) is 5.69 Å². The maximum atomic E-state index is 13.6. The molecule has 4 N–H and O–H groups in total. The van der Waals surface area contributed by atoms with Crippen LogP contribution in [-0.2, 0) is 4.74 Å². The zero-order valence-electron chi connectivity index (χ0n) is 11.8. The normalized spacial score (nSPS) is 10.4. The Morgan fingerprint density at radius 3 is 2.76 bits per heavy atom. The van der Waals surface area contributed by atoms with Crippen molar-refractivity contribution in [3.63, 3.8) is 0 Å². The van der Waals surface area contributed by atoms with Crippen molar-refractivity contribution < 1.29 is 9.13 Å². The summed E-state index contributed by atoms with van der Waals surface area (Å²) in [6.45, 7) is 1.33. The van der Waals surface area contributed by atoms with Gasteiger partial charge < -0.3 is 21.1 Å². The molecule has 21 heavy (non-hydrogen) atoms. The summed E-state index contributed by atoms with van der Waals surface area (Å²) in [6.07, 6.45) is 2.20. The highest BCUT2D eigenvalue weighted by atomic mass is 19.1. The monoisotopic (exact) mass is 291 g/mol. The lowest BCUT2D eigenvalue weighted by atomic mass is 10.3. The molecular weight excluding hydrogens is 273 g/mol. The number of aromatic nitrogens is 2. The van der Waals surface area contributed by atoms with Crippen LogP contribution in [0.25, 0.3) is 0 Å². The van der Waals surface area contributed by atoms with Crippen LogP contribution in [0.1, 0.15) is 6.42 Å². The Balaban J connectivity index is 2.09. The van der Waals surface area contributed by atoms with Crippen LogP contribution in [0.3, 0.4) is 0 Å². The summed E-state index contributed by atoms with van der Waals surface area (Å²) in [5.74, 6) is 0.509. The first-order chi connectivity index (χ1) is 10.2. The number of anilines is 4. The summed E-state index contributed by atoms with van der Waals surface area (Å²) in [7, 11) is 1.65. The van der Waals surface area contributed by atoms with E-state index < -0.39 is 0 Å². The van der Waals surface area contributed by atoms with Crippen molar-refractivity contribution in [2.24, 2.45) is 0 Å². The van der Waals surface area contributed by atoms with Gasteiger partial charge >= 0.3 is 0 Å². The highest BCUT2D eigenvalue weighted by Gasteiger charge is 2.09. The Morgan fingerprint density at radius 1 is 1.24 bits per heavy atom. The van der Waals surface area contributed by atoms with Gasteiger partial charge in [0.1, 0.15) is 17.8 Å². The average Bonchev–Trinajstić information content (AvgIpc) is 2.49. The number of methoxy groups -OCH3 is 1. The van der Waals surface area contributed by atoms with Crippen molar-refractivity contribution in [1.29, 1.82) is 0 Å². The van der Waals surface area contributed by atoms with Gasteiger partial charge in [-0.2, -0.15) is 0 Å². The van der Waals surface area contributed by atoms with Crippen LogP contribution in [0, 0.1) is 5.82 Å². The Labute approximate surface area is 122 Å². The number of benzene rings is 1. The summed E-state index contributed by atoms with van der Waals surface area (Å²) in [5, 5.41) is 5.97. The van der Waals surface area contributed by atoms with Gasteiger partial charge in [-0.3, -0.25) is 0 Å². The molecule has 0 spiro atoms. The Kier molecular flexibility index (Phi) is 5.28. The molecule has 2 rings (SSSR count). The highest BCUT2D eigenvalue weighted by molar-refractivity contribution is 5.77. The molecule has 1 heterocycles. The molecule has 0 unspecified atom stereocenters. The molecule has 0 fully saturated rings. The number of ether oxygens (including phenoxy) is 1. The van der Waals surface area contributed by atoms with Crippen molar-refractivity contribution in [1.82, 2.24) is 9.97 Å². The largest absolute Gasteiger partial charge is 0.393 e. The van der Waals surface area contributed by atoms with E-state index in [0.29, 0.717) is 36.2 Å². The molecule has 1 aromatic carbocycles. The first-order valence-corrected chi connectivity index (χ1v) is 6.57. The van der Waals surface area contributed by atoms with Gasteiger partial charge in [-0.1, -0.05) is 12.1 Å². The van der Waals surface area contributed by atoms with E-state index in [1.165, 1.54) is 12.4 Å². The van der Waals surface area contributed by atoms with Crippen molar-refractivity contribution in [2.75, 3.05) is 36.6 Å². The number of nitrogens with one attached hydrogen (secondary N) is 2. The molecule has 6 nitrogen and oxygen atoms in total. The lowest BCUT2D eigenvalue weighted by Crippen LogP contribution is -2.10. The average molecular weight is 291 g/mol. The summed E-state index contributed by atoms with van der Waals surface area (Å²) in [6, 6.07) is 6.32. The fourth-order valence-corrected chi connectivity index (χ4v) is 1.75. The SMILES string of the molecule is COCCCNc1ncnc(Nc2ccccc2F)c1N. The van der Waals surface area contributed by atoms with Gasteiger partial charge in [-0.05, 0) is 18.6 Å². The molecule has 0 amide bonds. The third kappa shape index (κ3) is 4.03. The fourth-order valence-electron chi connectivity index (χ4n) is 1.75. The summed E-state index contributed by atoms with van der Waals surface area (Å²) >= 11 is 0. The number of hydrogen-bond donors (Lipinski definition) is 3. The molecular formula is C14H18FN5O. The molecule has 0 radical (unpaired) electrons. The molecule has 0 saturated heterocycles. The molecule has 7 heteroatoms. The van der Waals surface area contributed by atoms with Crippen LogP contribution < -0.4 is 16.4 Å². The molecule has 0 saturated carbocycles. The number of nitrogens with two attached hydrogens (primary N) is 1. The number of hydrogen-bond acceptors (Lipinski definition) is 6. The predicted octanol–water partition coefficient (Wildman–Crippen LogP) is 2.39. The van der Waals surface area contributed by atoms with Gasteiger partial charge in [0.15, 0.2) is 11.6 Å². The van der Waals surface area contributed by atoms with Crippen molar-refractivity contribution in [2.45, 2.75) is 6.42 Å². The second-order valence-electron chi connectivity index (χ2n) is 4.36. The zero-order chi connectivity index (χ0) is 15.1. The van der Waals surface area contributed by atoms with E-state index in [-0.39, 0.29) is 5.82 Å². The van der Waals surface area contributed by atoms with E-state index in [2.05, 4.69) is 20.6 Å². The number of nitrogen functional groups attached to an aromatic ring is 1. The maximum absolute atomic E-state index is 13.6. The van der Waals surface area contributed by atoms with Crippen LogP contribution in [0.4, 0.5) is 27.4 Å². The van der Waals surface area contributed by atoms with E-state index >= 15 is 0 Å². The quantitative estimate of drug-likeness (QED) is 0.679. The second kappa shape index (κ2) is 7.39. The van der Waals surface area contributed by atoms with Gasteiger partial charge in [0.25, 0.3) is 0 Å². The first-order valence-electron chi connectivity index (χ1n) is 6.57. The minimum absolute atomic E-state index is 0.313. The highest BCUT2D eigenvalue weighted by Crippen LogP contribution is 2.26. The van der Waals surface area contributed by atoms with E-state index in [1.807, 2.05) is 0 Å². The van der Waals surface area contributed by atoms with Crippen LogP contribution in [0.15, 0.2) is 30.6 Å². The Bertz CT molecular complexity index is 593. The summed E-state index contributed by atoms with van der Waals surface area (Å²) < 4.78 is 18.6. The van der Waals surface area contributed by atoms with Crippen LogP contribution in [0.2, 0.25) is 0 Å². The maximum Gasteiger partial charge on any atom is 0.159 e. The lowest BCUT2D eigenvalue weighted by molar-refractivity contribution is 0.198. The molecule has 0 atom stereocenters. The van der Waals surface area contributed by atoms with Gasteiger partial charge in [0, 0.05) is 20.3 Å². The number of rotatable bonds is 7. The third-order valence-corrected chi connectivity index (χ3v) is 2.83. The predicted molar refractivity (Wildman–Crippen MR) is 81.1 cm³/mol. The van der Waals surface area contributed by atoms with Crippen molar-refractivity contribution >= 4 is 23.0 Å². The standard InChI is InChI=1S/C14H18FN5O/c1-21-8-4-7-17-13-12(16)14(19-9-18-13)20-11-6-3-2-5-10(11)15/h2-3,5-6,9H,4,7-8,16H2,1H3,(H2,17,18,19,20). The van der Waals surface area contributed by atoms with E-state index in [4.69, 9.17) is 10.5 Å². The Hall–Kier alpha value is -2.41. The van der Waals surface area contributed by atoms with Crippen LogP contribution in [0.5, 0.6) is 0 Å². The number of para-hydroxylation sites is 1. The zero-order valence-corrected chi connectivity index (χ0v) is 11.8. The molecule has 0 aliphatic heterocycles. The van der Waals surface area contributed by atoms with E-state index in [0.717, 1.165) is 6.42 Å². The molecule has 0 bridgehead atoms. The van der Waals surface area contributed by atoms with Crippen LogP contribution in [-0.4, -0.2) is 30.2 Å². The molecule has 0 aliphatic rings. The molecule has 2 aromatic rings. The Morgan fingerprint density at radius 2 is 2.00 bits per heavy atom. The van der Waals surface area contributed by atoms with E-state index in [9.17, 15) is 4.39 Å². The molecule has 0 aliphatic carbocycles. The minimum atomic E-state index is -0.370.